The third-order valence-corrected chi connectivity index (χ3v) is 4.43. The van der Waals surface area contributed by atoms with Crippen LogP contribution >= 0.6 is 12.2 Å². The topological polar surface area (TPSA) is 73.5 Å². The molecule has 1 heterocycles. The van der Waals surface area contributed by atoms with E-state index in [1.165, 1.54) is 0 Å². The number of carbonyl (C=O) groups is 2. The van der Waals surface area contributed by atoms with Crippen molar-refractivity contribution in [1.82, 2.24) is 21.1 Å². The van der Waals surface area contributed by atoms with Gasteiger partial charge in [-0.3, -0.25) is 10.2 Å². The summed E-state index contributed by atoms with van der Waals surface area (Å²) in [4.78, 5) is 26.0. The molecule has 0 unspecified atom stereocenters. The molecule has 1 aliphatic rings. The summed E-state index contributed by atoms with van der Waals surface area (Å²) in [6, 6.07) is 17.7. The second-order valence-corrected chi connectivity index (χ2v) is 6.71. The normalized spacial score (nSPS) is 15.2. The van der Waals surface area contributed by atoms with Crippen LogP contribution in [0.5, 0.6) is 0 Å². The van der Waals surface area contributed by atoms with Crippen molar-refractivity contribution < 1.29 is 9.59 Å². The van der Waals surface area contributed by atoms with Crippen LogP contribution in [0.4, 0.5) is 4.79 Å². The van der Waals surface area contributed by atoms with E-state index in [0.29, 0.717) is 17.7 Å². The lowest BCUT2D eigenvalue weighted by Crippen LogP contribution is -2.52. The molecule has 27 heavy (non-hydrogen) atoms. The van der Waals surface area contributed by atoms with Gasteiger partial charge in [0, 0.05) is 6.54 Å². The van der Waals surface area contributed by atoms with Gasteiger partial charge in [-0.2, -0.15) is 5.01 Å². The van der Waals surface area contributed by atoms with Crippen LogP contribution in [0.15, 0.2) is 72.8 Å². The minimum absolute atomic E-state index is 0.165. The van der Waals surface area contributed by atoms with Gasteiger partial charge < -0.3 is 10.6 Å². The average molecular weight is 380 g/mol. The number of hydrazine groups is 1. The van der Waals surface area contributed by atoms with E-state index in [1.807, 2.05) is 67.6 Å². The number of nitrogens with zero attached hydrogens (tertiary/aromatic N) is 1. The summed E-state index contributed by atoms with van der Waals surface area (Å²) in [5, 5.41) is 6.82. The highest BCUT2D eigenvalue weighted by atomic mass is 32.1. The molecule has 3 rings (SSSR count). The molecular formula is C20H20N4O2S. The molecule has 0 radical (unpaired) electrons. The summed E-state index contributed by atoms with van der Waals surface area (Å²) < 4.78 is 0. The van der Waals surface area contributed by atoms with E-state index in [-0.39, 0.29) is 5.11 Å². The molecule has 3 amide bonds. The van der Waals surface area contributed by atoms with Crippen molar-refractivity contribution in [1.29, 1.82) is 0 Å². The zero-order valence-corrected chi connectivity index (χ0v) is 15.7. The Morgan fingerprint density at radius 3 is 2.07 bits per heavy atom. The third-order valence-electron chi connectivity index (χ3n) is 4.20. The van der Waals surface area contributed by atoms with Gasteiger partial charge in [0.15, 0.2) is 10.7 Å². The zero-order chi connectivity index (χ0) is 19.4. The van der Waals surface area contributed by atoms with Crippen LogP contribution in [0.1, 0.15) is 18.1 Å². The van der Waals surface area contributed by atoms with Crippen LogP contribution in [0.3, 0.4) is 0 Å². The van der Waals surface area contributed by atoms with Gasteiger partial charge in [0.2, 0.25) is 0 Å². The van der Waals surface area contributed by atoms with Crippen LogP contribution in [-0.2, 0) is 10.3 Å². The Morgan fingerprint density at radius 1 is 1.07 bits per heavy atom. The lowest BCUT2D eigenvalue weighted by atomic mass is 9.83. The maximum Gasteiger partial charge on any atom is 0.344 e. The molecule has 2 aromatic carbocycles. The molecule has 1 aliphatic heterocycles. The molecule has 6 nitrogen and oxygen atoms in total. The van der Waals surface area contributed by atoms with Crippen molar-refractivity contribution in [3.8, 4) is 0 Å². The monoisotopic (exact) mass is 380 g/mol. The number of hydrogen-bond acceptors (Lipinski definition) is 3. The summed E-state index contributed by atoms with van der Waals surface area (Å²) >= 11 is 5.19. The van der Waals surface area contributed by atoms with Gasteiger partial charge in [-0.05, 0) is 30.3 Å². The molecular weight excluding hydrogens is 360 g/mol. The van der Waals surface area contributed by atoms with Crippen LogP contribution < -0.4 is 16.1 Å². The number of benzene rings is 2. The van der Waals surface area contributed by atoms with E-state index in [0.717, 1.165) is 10.6 Å². The Labute approximate surface area is 163 Å². The average Bonchev–Trinajstić information content (AvgIpc) is 2.93. The van der Waals surface area contributed by atoms with Gasteiger partial charge in [0.05, 0.1) is 0 Å². The predicted octanol–water partition coefficient (Wildman–Crippen LogP) is 2.44. The van der Waals surface area contributed by atoms with Gasteiger partial charge in [0.25, 0.3) is 5.91 Å². The van der Waals surface area contributed by atoms with E-state index >= 15 is 0 Å². The third kappa shape index (κ3) is 3.54. The smallest absolute Gasteiger partial charge is 0.344 e. The van der Waals surface area contributed by atoms with Crippen LogP contribution in [0, 0.1) is 0 Å². The van der Waals surface area contributed by atoms with Gasteiger partial charge in [-0.25, -0.2) is 4.79 Å². The number of amides is 3. The molecule has 1 fully saturated rings. The maximum absolute atomic E-state index is 13.4. The first-order chi connectivity index (χ1) is 12.9. The van der Waals surface area contributed by atoms with Gasteiger partial charge in [-0.1, -0.05) is 72.8 Å². The summed E-state index contributed by atoms with van der Waals surface area (Å²) in [6.07, 6.45) is 0. The van der Waals surface area contributed by atoms with Crippen LogP contribution in [0.25, 0.3) is 0 Å². The summed E-state index contributed by atoms with van der Waals surface area (Å²) in [7, 11) is 0. The fourth-order valence-corrected chi connectivity index (χ4v) is 3.10. The fourth-order valence-electron chi connectivity index (χ4n) is 2.94. The molecule has 0 bridgehead atoms. The van der Waals surface area contributed by atoms with Crippen molar-refractivity contribution in [3.63, 3.8) is 0 Å². The Hall–Kier alpha value is -3.19. The number of hydrogen-bond donors (Lipinski definition) is 3. The molecule has 0 atom stereocenters. The highest BCUT2D eigenvalue weighted by Crippen LogP contribution is 2.35. The van der Waals surface area contributed by atoms with Gasteiger partial charge in [0.1, 0.15) is 0 Å². The van der Waals surface area contributed by atoms with Crippen molar-refractivity contribution in [2.75, 3.05) is 6.54 Å². The Kier molecular flexibility index (Phi) is 5.23. The van der Waals surface area contributed by atoms with Crippen LogP contribution in [-0.4, -0.2) is 28.6 Å². The van der Waals surface area contributed by atoms with E-state index in [2.05, 4.69) is 22.6 Å². The van der Waals surface area contributed by atoms with Crippen molar-refractivity contribution >= 4 is 29.3 Å². The minimum atomic E-state index is -1.32. The highest BCUT2D eigenvalue weighted by molar-refractivity contribution is 7.80. The first kappa shape index (κ1) is 18.6. The molecule has 0 saturated carbocycles. The lowest BCUT2D eigenvalue weighted by molar-refractivity contribution is -0.131. The molecule has 3 N–H and O–H groups in total. The molecule has 0 spiro atoms. The first-order valence-corrected chi connectivity index (χ1v) is 8.82. The quantitative estimate of drug-likeness (QED) is 0.422. The first-order valence-electron chi connectivity index (χ1n) is 8.42. The highest BCUT2D eigenvalue weighted by Gasteiger charge is 2.54. The summed E-state index contributed by atoms with van der Waals surface area (Å²) in [5.41, 5.74) is 3.56. The van der Waals surface area contributed by atoms with Gasteiger partial charge >= 0.3 is 6.03 Å². The summed E-state index contributed by atoms with van der Waals surface area (Å²) in [6.45, 7) is 6.07. The van der Waals surface area contributed by atoms with Crippen molar-refractivity contribution in [3.05, 3.63) is 83.9 Å². The molecule has 2 aromatic rings. The van der Waals surface area contributed by atoms with Gasteiger partial charge in [-0.15, -0.1) is 0 Å². The number of imide groups is 1. The van der Waals surface area contributed by atoms with E-state index in [1.54, 1.807) is 0 Å². The number of urea groups is 1. The standard InChI is InChI=1S/C20H20N4O2S/c1-14(2)13-21-18(27)23-24-17(25)20(22-19(24)26,15-9-5-3-6-10-15)16-11-7-4-8-12-16/h3-12H,1,13H2,2H3,(H,22,26)(H2,21,23,27). The second-order valence-electron chi connectivity index (χ2n) is 6.30. The maximum atomic E-state index is 13.4. The Morgan fingerprint density at radius 2 is 1.59 bits per heavy atom. The summed E-state index contributed by atoms with van der Waals surface area (Å²) in [5.74, 6) is -0.454. The number of nitrogens with one attached hydrogen (secondary N) is 3. The molecule has 0 aromatic heterocycles. The van der Waals surface area contributed by atoms with Crippen LogP contribution in [0.2, 0.25) is 0 Å². The number of rotatable bonds is 5. The van der Waals surface area contributed by atoms with E-state index < -0.39 is 17.5 Å². The predicted molar refractivity (Wildman–Crippen MR) is 108 cm³/mol. The fraction of sp³-hybridized carbons (Fsp3) is 0.150. The lowest BCUT2D eigenvalue weighted by Gasteiger charge is -2.28. The van der Waals surface area contributed by atoms with E-state index in [4.69, 9.17) is 12.2 Å². The molecule has 7 heteroatoms. The molecule has 0 aliphatic carbocycles. The van der Waals surface area contributed by atoms with Crippen molar-refractivity contribution in [2.24, 2.45) is 0 Å². The Bertz CT molecular complexity index is 844. The minimum Gasteiger partial charge on any atom is -0.358 e. The largest absolute Gasteiger partial charge is 0.358 e. The number of carbonyl (C=O) groups excluding carboxylic acids is 2. The van der Waals surface area contributed by atoms with Crippen molar-refractivity contribution in [2.45, 2.75) is 12.5 Å². The second kappa shape index (κ2) is 7.59. The van der Waals surface area contributed by atoms with E-state index in [9.17, 15) is 9.59 Å². The number of thiocarbonyl (C=S) groups is 1. The molecule has 138 valence electrons. The molecule has 1 saturated heterocycles. The Balaban J connectivity index is 1.97. The SMILES string of the molecule is C=C(C)CNC(=S)NN1C(=O)NC(c2ccccc2)(c2ccccc2)C1=O. The zero-order valence-electron chi connectivity index (χ0n) is 14.9.